The van der Waals surface area contributed by atoms with Crippen LogP contribution in [0.2, 0.25) is 0 Å². The number of pyridine rings is 1. The van der Waals surface area contributed by atoms with Crippen LogP contribution in [0.3, 0.4) is 0 Å². The molecule has 2 aliphatic heterocycles. The molecule has 0 amide bonds. The Balaban J connectivity index is 1.26. The molecule has 0 aliphatic carbocycles. The number of rotatable bonds is 5. The van der Waals surface area contributed by atoms with E-state index < -0.39 is 0 Å². The van der Waals surface area contributed by atoms with Crippen LogP contribution in [-0.2, 0) is 16.0 Å². The van der Waals surface area contributed by atoms with Gasteiger partial charge in [0.25, 0.3) is 0 Å². The van der Waals surface area contributed by atoms with Crippen LogP contribution in [0.4, 0.5) is 0 Å². The van der Waals surface area contributed by atoms with Gasteiger partial charge in [-0.3, -0.25) is 4.98 Å². The number of aromatic nitrogens is 4. The zero-order chi connectivity index (χ0) is 18.1. The largest absolute Gasteiger partial charge is 0.371 e. The topological polar surface area (TPSA) is 74.1 Å². The van der Waals surface area contributed by atoms with Crippen molar-refractivity contribution in [1.29, 1.82) is 0 Å². The fourth-order valence-corrected chi connectivity index (χ4v) is 3.80. The third kappa shape index (κ3) is 3.25. The second kappa shape index (κ2) is 7.19. The van der Waals surface area contributed by atoms with Crippen LogP contribution in [-0.4, -0.2) is 51.4 Å². The summed E-state index contributed by atoms with van der Waals surface area (Å²) in [7, 11) is 0. The van der Waals surface area contributed by atoms with Gasteiger partial charge in [-0.2, -0.15) is 0 Å². The second-order valence-corrected chi connectivity index (χ2v) is 6.92. The molecule has 2 aromatic heterocycles. The first-order chi connectivity index (χ1) is 13.4. The van der Waals surface area contributed by atoms with Gasteiger partial charge in [-0.05, 0) is 12.1 Å². The summed E-state index contributed by atoms with van der Waals surface area (Å²) in [6.45, 7) is 1.90. The predicted octanol–water partition coefficient (Wildman–Crippen LogP) is 1.84. The van der Waals surface area contributed by atoms with Crippen molar-refractivity contribution in [1.82, 2.24) is 25.3 Å². The molecule has 27 heavy (non-hydrogen) atoms. The highest BCUT2D eigenvalue weighted by Gasteiger charge is 2.48. The van der Waals surface area contributed by atoms with E-state index in [1.807, 2.05) is 65.6 Å². The van der Waals surface area contributed by atoms with Gasteiger partial charge in [0.15, 0.2) is 0 Å². The van der Waals surface area contributed by atoms with Crippen LogP contribution >= 0.6 is 0 Å². The summed E-state index contributed by atoms with van der Waals surface area (Å²) in [6, 6.07) is 16.2. The first-order valence-corrected chi connectivity index (χ1v) is 9.22. The Morgan fingerprint density at radius 2 is 1.85 bits per heavy atom. The minimum atomic E-state index is -0.0171. The summed E-state index contributed by atoms with van der Waals surface area (Å²) >= 11 is 0. The van der Waals surface area contributed by atoms with Gasteiger partial charge in [0.2, 0.25) is 0 Å². The van der Waals surface area contributed by atoms with E-state index in [9.17, 15) is 0 Å². The molecule has 7 nitrogen and oxygen atoms in total. The van der Waals surface area contributed by atoms with Gasteiger partial charge >= 0.3 is 0 Å². The molecule has 2 aliphatic rings. The Bertz CT molecular complexity index is 886. The van der Waals surface area contributed by atoms with Crippen molar-refractivity contribution in [3.05, 3.63) is 66.6 Å². The van der Waals surface area contributed by atoms with E-state index in [-0.39, 0.29) is 24.3 Å². The quantitative estimate of drug-likeness (QED) is 0.746. The SMILES string of the molecule is c1ccc(-c2cn([C@@H]3CO[C@@H]4[C@@H]3OC[C@@H]4NCc3ccccn3)nn2)cc1. The van der Waals surface area contributed by atoms with E-state index in [4.69, 9.17) is 9.47 Å². The van der Waals surface area contributed by atoms with Gasteiger partial charge in [-0.1, -0.05) is 41.6 Å². The standard InChI is InChI=1S/C20H21N5O2/c1-2-6-14(7-3-1)16-11-25(24-23-16)18-13-27-19-17(12-26-20(18)19)22-10-15-8-4-5-9-21-15/h1-9,11,17-20,22H,10,12-13H2/t17-,18+,19-,20+/m0/s1. The van der Waals surface area contributed by atoms with Crippen LogP contribution in [0.5, 0.6) is 0 Å². The lowest BCUT2D eigenvalue weighted by atomic mass is 10.1. The molecule has 4 atom stereocenters. The van der Waals surface area contributed by atoms with Crippen LogP contribution in [0, 0.1) is 0 Å². The Morgan fingerprint density at radius 3 is 2.70 bits per heavy atom. The number of nitrogens with one attached hydrogen (secondary N) is 1. The first kappa shape index (κ1) is 16.6. The van der Waals surface area contributed by atoms with Gasteiger partial charge in [0, 0.05) is 18.3 Å². The smallest absolute Gasteiger partial charge is 0.113 e. The Kier molecular flexibility index (Phi) is 4.41. The molecule has 1 aromatic carbocycles. The molecule has 0 bridgehead atoms. The maximum Gasteiger partial charge on any atom is 0.113 e. The average molecular weight is 363 g/mol. The fourth-order valence-electron chi connectivity index (χ4n) is 3.80. The van der Waals surface area contributed by atoms with E-state index >= 15 is 0 Å². The normalized spacial score (nSPS) is 27.0. The molecule has 5 rings (SSSR count). The van der Waals surface area contributed by atoms with Crippen LogP contribution < -0.4 is 5.32 Å². The number of hydrogen-bond donors (Lipinski definition) is 1. The van der Waals surface area contributed by atoms with Crippen molar-refractivity contribution in [3.8, 4) is 11.3 Å². The highest BCUT2D eigenvalue weighted by atomic mass is 16.6. The lowest BCUT2D eigenvalue weighted by molar-refractivity contribution is 0.0619. The van der Waals surface area contributed by atoms with Gasteiger partial charge < -0.3 is 14.8 Å². The van der Waals surface area contributed by atoms with Crippen LogP contribution in [0.25, 0.3) is 11.3 Å². The number of hydrogen-bond acceptors (Lipinski definition) is 6. The van der Waals surface area contributed by atoms with E-state index in [2.05, 4.69) is 20.6 Å². The lowest BCUT2D eigenvalue weighted by Crippen LogP contribution is -2.40. The van der Waals surface area contributed by atoms with Crippen molar-refractivity contribution in [2.45, 2.75) is 30.8 Å². The number of benzene rings is 1. The van der Waals surface area contributed by atoms with Gasteiger partial charge in [-0.15, -0.1) is 5.10 Å². The zero-order valence-electron chi connectivity index (χ0n) is 14.8. The summed E-state index contributed by atoms with van der Waals surface area (Å²) in [5, 5.41) is 12.2. The predicted molar refractivity (Wildman–Crippen MR) is 98.8 cm³/mol. The average Bonchev–Trinajstić information content (AvgIpc) is 3.44. The summed E-state index contributed by atoms with van der Waals surface area (Å²) < 4.78 is 14.0. The molecule has 138 valence electrons. The van der Waals surface area contributed by atoms with Crippen molar-refractivity contribution in [2.75, 3.05) is 13.2 Å². The van der Waals surface area contributed by atoms with Gasteiger partial charge in [-0.25, -0.2) is 4.68 Å². The molecule has 0 saturated carbocycles. The Morgan fingerprint density at radius 1 is 1.00 bits per heavy atom. The van der Waals surface area contributed by atoms with Crippen LogP contribution in [0.15, 0.2) is 60.9 Å². The summed E-state index contributed by atoms with van der Waals surface area (Å²) in [5.41, 5.74) is 2.93. The monoisotopic (exact) mass is 363 g/mol. The molecule has 2 fully saturated rings. The molecule has 0 unspecified atom stereocenters. The molecule has 0 spiro atoms. The summed E-state index contributed by atoms with van der Waals surface area (Å²) in [5.74, 6) is 0. The van der Waals surface area contributed by atoms with Gasteiger partial charge in [0.05, 0.1) is 31.1 Å². The van der Waals surface area contributed by atoms with E-state index in [1.165, 1.54) is 0 Å². The van der Waals surface area contributed by atoms with Crippen molar-refractivity contribution in [2.24, 2.45) is 0 Å². The zero-order valence-corrected chi connectivity index (χ0v) is 14.8. The van der Waals surface area contributed by atoms with E-state index in [1.54, 1.807) is 0 Å². The number of ether oxygens (including phenoxy) is 2. The summed E-state index contributed by atoms with van der Waals surface area (Å²) in [4.78, 5) is 4.35. The highest BCUT2D eigenvalue weighted by molar-refractivity contribution is 5.57. The maximum atomic E-state index is 6.06. The molecule has 3 aromatic rings. The first-order valence-electron chi connectivity index (χ1n) is 9.22. The molecular weight excluding hydrogens is 342 g/mol. The minimum absolute atomic E-state index is 0.0167. The lowest BCUT2D eigenvalue weighted by Gasteiger charge is -2.17. The van der Waals surface area contributed by atoms with Crippen molar-refractivity contribution >= 4 is 0 Å². The molecule has 7 heteroatoms. The fraction of sp³-hybridized carbons (Fsp3) is 0.350. The van der Waals surface area contributed by atoms with Gasteiger partial charge in [0.1, 0.15) is 23.9 Å². The molecule has 0 radical (unpaired) electrons. The summed E-state index contributed by atoms with van der Waals surface area (Å²) in [6.07, 6.45) is 3.78. The van der Waals surface area contributed by atoms with Crippen molar-refractivity contribution in [3.63, 3.8) is 0 Å². The molecule has 4 heterocycles. The van der Waals surface area contributed by atoms with E-state index in [0.717, 1.165) is 17.0 Å². The minimum Gasteiger partial charge on any atom is -0.371 e. The second-order valence-electron chi connectivity index (χ2n) is 6.92. The Labute approximate surface area is 157 Å². The molecule has 1 N–H and O–H groups in total. The van der Waals surface area contributed by atoms with Crippen LogP contribution in [0.1, 0.15) is 11.7 Å². The van der Waals surface area contributed by atoms with E-state index in [0.29, 0.717) is 19.8 Å². The third-order valence-corrected chi connectivity index (χ3v) is 5.22. The third-order valence-electron chi connectivity index (χ3n) is 5.22. The Hall–Kier alpha value is -2.61. The highest BCUT2D eigenvalue weighted by Crippen LogP contribution is 2.34. The molecular formula is C20H21N5O2. The molecule has 2 saturated heterocycles. The number of fused-ring (bicyclic) bond motifs is 1. The van der Waals surface area contributed by atoms with Crippen molar-refractivity contribution < 1.29 is 9.47 Å². The number of nitrogens with zero attached hydrogens (tertiary/aromatic N) is 4. The maximum absolute atomic E-state index is 6.06.